The third-order valence-electron chi connectivity index (χ3n) is 3.90. The van der Waals surface area contributed by atoms with Crippen molar-refractivity contribution in [2.45, 2.75) is 31.0 Å². The minimum atomic E-state index is 0.0567. The Labute approximate surface area is 140 Å². The van der Waals surface area contributed by atoms with E-state index in [0.717, 1.165) is 36.9 Å². The number of hydrogen-bond donors (Lipinski definition) is 1. The number of aromatic nitrogens is 2. The summed E-state index contributed by atoms with van der Waals surface area (Å²) in [6, 6.07) is 8.40. The normalized spacial score (nSPS) is 15.5. The lowest BCUT2D eigenvalue weighted by atomic mass is 10.1. The monoisotopic (exact) mass is 331 g/mol. The highest BCUT2D eigenvalue weighted by molar-refractivity contribution is 7.99. The highest BCUT2D eigenvalue weighted by atomic mass is 32.2. The van der Waals surface area contributed by atoms with Gasteiger partial charge in [0.05, 0.1) is 11.4 Å². The van der Waals surface area contributed by atoms with Crippen molar-refractivity contribution in [1.82, 2.24) is 14.9 Å². The largest absolute Gasteiger partial charge is 0.381 e. The van der Waals surface area contributed by atoms with Gasteiger partial charge in [0.25, 0.3) is 0 Å². The predicted molar refractivity (Wildman–Crippen MR) is 91.0 cm³/mol. The molecule has 0 atom stereocenters. The van der Waals surface area contributed by atoms with Crippen LogP contribution in [-0.2, 0) is 9.53 Å². The molecule has 0 spiro atoms. The Morgan fingerprint density at radius 2 is 2.17 bits per heavy atom. The van der Waals surface area contributed by atoms with E-state index >= 15 is 0 Å². The van der Waals surface area contributed by atoms with Crippen LogP contribution in [0.3, 0.4) is 0 Å². The average Bonchev–Trinajstić information content (AvgIpc) is 3.03. The van der Waals surface area contributed by atoms with E-state index in [1.54, 1.807) is 6.20 Å². The highest BCUT2D eigenvalue weighted by Crippen LogP contribution is 2.22. The van der Waals surface area contributed by atoms with E-state index in [4.69, 9.17) is 4.74 Å². The van der Waals surface area contributed by atoms with Gasteiger partial charge in [0, 0.05) is 31.6 Å². The van der Waals surface area contributed by atoms with Gasteiger partial charge in [0.2, 0.25) is 5.91 Å². The van der Waals surface area contributed by atoms with Crippen LogP contribution in [0.5, 0.6) is 0 Å². The molecule has 2 aromatic rings. The van der Waals surface area contributed by atoms with Gasteiger partial charge in [-0.3, -0.25) is 9.36 Å². The van der Waals surface area contributed by atoms with E-state index < -0.39 is 0 Å². The summed E-state index contributed by atoms with van der Waals surface area (Å²) in [5.74, 6) is 0.432. The Morgan fingerprint density at radius 3 is 2.96 bits per heavy atom. The van der Waals surface area contributed by atoms with Gasteiger partial charge in [0.1, 0.15) is 0 Å². The number of rotatable bonds is 5. The molecule has 6 heteroatoms. The zero-order valence-electron chi connectivity index (χ0n) is 13.2. The number of benzene rings is 1. The fourth-order valence-electron chi connectivity index (χ4n) is 2.65. The standard InChI is InChI=1S/C17H21N3O2S/c1-13-4-2-3-5-15(13)20-9-8-18-17(20)23-12-16(21)19-14-6-10-22-11-7-14/h2-5,8-9,14H,6-7,10-12H2,1H3,(H,19,21). The van der Waals surface area contributed by atoms with Gasteiger partial charge in [-0.2, -0.15) is 0 Å². The van der Waals surface area contributed by atoms with E-state index in [-0.39, 0.29) is 11.9 Å². The number of amides is 1. The highest BCUT2D eigenvalue weighted by Gasteiger charge is 2.17. The third kappa shape index (κ3) is 4.14. The molecule has 1 N–H and O–H groups in total. The smallest absolute Gasteiger partial charge is 0.230 e. The molecule has 1 fully saturated rings. The molecule has 23 heavy (non-hydrogen) atoms. The van der Waals surface area contributed by atoms with Crippen LogP contribution in [0.15, 0.2) is 41.8 Å². The number of nitrogens with one attached hydrogen (secondary N) is 1. The first-order valence-electron chi connectivity index (χ1n) is 7.83. The second-order valence-electron chi connectivity index (χ2n) is 5.61. The molecule has 0 unspecified atom stereocenters. The van der Waals surface area contributed by atoms with E-state index in [1.807, 2.05) is 22.9 Å². The molecule has 0 aliphatic carbocycles. The van der Waals surface area contributed by atoms with Crippen molar-refractivity contribution in [3.05, 3.63) is 42.2 Å². The Kier molecular flexibility index (Phi) is 5.35. The summed E-state index contributed by atoms with van der Waals surface area (Å²) in [7, 11) is 0. The fourth-order valence-corrected chi connectivity index (χ4v) is 3.43. The number of hydrogen-bond acceptors (Lipinski definition) is 4. The van der Waals surface area contributed by atoms with Crippen LogP contribution in [0.2, 0.25) is 0 Å². The van der Waals surface area contributed by atoms with Crippen molar-refractivity contribution in [3.63, 3.8) is 0 Å². The van der Waals surface area contributed by atoms with Crippen LogP contribution < -0.4 is 5.32 Å². The van der Waals surface area contributed by atoms with Crippen molar-refractivity contribution in [1.29, 1.82) is 0 Å². The van der Waals surface area contributed by atoms with E-state index in [0.29, 0.717) is 5.75 Å². The summed E-state index contributed by atoms with van der Waals surface area (Å²) >= 11 is 1.46. The Hall–Kier alpha value is -1.79. The van der Waals surface area contributed by atoms with Gasteiger partial charge in [-0.1, -0.05) is 30.0 Å². The molecule has 5 nitrogen and oxygen atoms in total. The van der Waals surface area contributed by atoms with Crippen molar-refractivity contribution in [3.8, 4) is 5.69 Å². The summed E-state index contributed by atoms with van der Waals surface area (Å²) in [4.78, 5) is 16.5. The number of thioether (sulfide) groups is 1. The van der Waals surface area contributed by atoms with E-state index in [1.165, 1.54) is 17.3 Å². The van der Waals surface area contributed by atoms with Crippen LogP contribution in [0.25, 0.3) is 5.69 Å². The molecule has 1 aliphatic rings. The van der Waals surface area contributed by atoms with Gasteiger partial charge >= 0.3 is 0 Å². The van der Waals surface area contributed by atoms with Crippen LogP contribution >= 0.6 is 11.8 Å². The zero-order chi connectivity index (χ0) is 16.1. The molecule has 1 aromatic heterocycles. The molecular weight excluding hydrogens is 310 g/mol. The number of ether oxygens (including phenoxy) is 1. The first-order chi connectivity index (χ1) is 11.2. The zero-order valence-corrected chi connectivity index (χ0v) is 14.0. The molecule has 0 radical (unpaired) electrons. The number of carbonyl (C=O) groups excluding carboxylic acids is 1. The summed E-state index contributed by atoms with van der Waals surface area (Å²) in [5, 5.41) is 3.91. The SMILES string of the molecule is Cc1ccccc1-n1ccnc1SCC(=O)NC1CCOCC1. The maximum Gasteiger partial charge on any atom is 0.230 e. The van der Waals surface area contributed by atoms with E-state index in [9.17, 15) is 4.79 Å². The number of carbonyl (C=O) groups is 1. The lowest BCUT2D eigenvalue weighted by molar-refractivity contribution is -0.119. The maximum atomic E-state index is 12.1. The van der Waals surface area contributed by atoms with Crippen LogP contribution in [-0.4, -0.2) is 40.5 Å². The molecule has 0 saturated carbocycles. The van der Waals surface area contributed by atoms with E-state index in [2.05, 4.69) is 29.4 Å². The third-order valence-corrected chi connectivity index (χ3v) is 4.87. The van der Waals surface area contributed by atoms with Gasteiger partial charge in [-0.25, -0.2) is 4.98 Å². The lowest BCUT2D eigenvalue weighted by Crippen LogP contribution is -2.39. The molecule has 1 amide bonds. The van der Waals surface area contributed by atoms with Crippen molar-refractivity contribution in [2.75, 3.05) is 19.0 Å². The quantitative estimate of drug-likeness (QED) is 0.856. The lowest BCUT2D eigenvalue weighted by Gasteiger charge is -2.23. The molecule has 0 bridgehead atoms. The second kappa shape index (κ2) is 7.66. The van der Waals surface area contributed by atoms with Crippen molar-refractivity contribution in [2.24, 2.45) is 0 Å². The summed E-state index contributed by atoms with van der Waals surface area (Å²) in [6.45, 7) is 3.53. The number of imidazole rings is 1. The predicted octanol–water partition coefficient (Wildman–Crippen LogP) is 2.57. The molecule has 1 saturated heterocycles. The summed E-state index contributed by atoms with van der Waals surface area (Å²) in [5.41, 5.74) is 2.27. The number of aryl methyl sites for hydroxylation is 1. The molecule has 1 aromatic carbocycles. The second-order valence-corrected chi connectivity index (χ2v) is 6.55. The van der Waals surface area contributed by atoms with Gasteiger partial charge in [-0.15, -0.1) is 0 Å². The van der Waals surface area contributed by atoms with Crippen LogP contribution in [0, 0.1) is 6.92 Å². The Bertz CT molecular complexity index is 665. The molecule has 1 aliphatic heterocycles. The Morgan fingerprint density at radius 1 is 1.39 bits per heavy atom. The number of nitrogens with zero attached hydrogens (tertiary/aromatic N) is 2. The minimum absolute atomic E-state index is 0.0567. The topological polar surface area (TPSA) is 56.2 Å². The first-order valence-corrected chi connectivity index (χ1v) is 8.82. The molecule has 2 heterocycles. The summed E-state index contributed by atoms with van der Waals surface area (Å²) < 4.78 is 7.34. The first kappa shape index (κ1) is 16.1. The summed E-state index contributed by atoms with van der Waals surface area (Å²) in [6.07, 6.45) is 5.49. The molecule has 122 valence electrons. The molecular formula is C17H21N3O2S. The van der Waals surface area contributed by atoms with Crippen molar-refractivity contribution >= 4 is 17.7 Å². The maximum absolute atomic E-state index is 12.1. The van der Waals surface area contributed by atoms with Crippen LogP contribution in [0.4, 0.5) is 0 Å². The molecule has 3 rings (SSSR count). The Balaban J connectivity index is 1.60. The van der Waals surface area contributed by atoms with Crippen molar-refractivity contribution < 1.29 is 9.53 Å². The van der Waals surface area contributed by atoms with Gasteiger partial charge < -0.3 is 10.1 Å². The minimum Gasteiger partial charge on any atom is -0.381 e. The van der Waals surface area contributed by atoms with Gasteiger partial charge in [0.15, 0.2) is 5.16 Å². The number of para-hydroxylation sites is 1. The average molecular weight is 331 g/mol. The van der Waals surface area contributed by atoms with Crippen LogP contribution in [0.1, 0.15) is 18.4 Å². The van der Waals surface area contributed by atoms with Gasteiger partial charge in [-0.05, 0) is 31.4 Å². The fraction of sp³-hybridized carbons (Fsp3) is 0.412.